The summed E-state index contributed by atoms with van der Waals surface area (Å²) in [7, 11) is 0. The predicted octanol–water partition coefficient (Wildman–Crippen LogP) is 1.40. The summed E-state index contributed by atoms with van der Waals surface area (Å²) < 4.78 is 0. The SMILES string of the molecule is O=C(Cc1ccccc1)NNC(=O)c1ccc(O)cc1. The molecule has 2 aromatic carbocycles. The molecule has 102 valence electrons. The van der Waals surface area contributed by atoms with Gasteiger partial charge in [-0.1, -0.05) is 30.3 Å². The van der Waals surface area contributed by atoms with Crippen molar-refractivity contribution in [1.82, 2.24) is 10.9 Å². The molecule has 20 heavy (non-hydrogen) atoms. The number of carbonyl (C=O) groups is 2. The van der Waals surface area contributed by atoms with Gasteiger partial charge >= 0.3 is 0 Å². The molecule has 0 spiro atoms. The summed E-state index contributed by atoms with van der Waals surface area (Å²) in [6, 6.07) is 15.0. The number of aromatic hydroxyl groups is 1. The van der Waals surface area contributed by atoms with Crippen molar-refractivity contribution in [2.45, 2.75) is 6.42 Å². The Morgan fingerprint density at radius 3 is 2.20 bits per heavy atom. The van der Waals surface area contributed by atoms with E-state index in [1.807, 2.05) is 30.3 Å². The van der Waals surface area contributed by atoms with Crippen LogP contribution in [0.4, 0.5) is 0 Å². The van der Waals surface area contributed by atoms with E-state index in [0.29, 0.717) is 5.56 Å². The number of benzene rings is 2. The van der Waals surface area contributed by atoms with Gasteiger partial charge < -0.3 is 5.11 Å². The Hall–Kier alpha value is -2.82. The molecule has 3 N–H and O–H groups in total. The van der Waals surface area contributed by atoms with Crippen molar-refractivity contribution < 1.29 is 14.7 Å². The van der Waals surface area contributed by atoms with Crippen LogP contribution in [0.1, 0.15) is 15.9 Å². The number of hydrogen-bond acceptors (Lipinski definition) is 3. The molecule has 0 saturated carbocycles. The number of hydrogen-bond donors (Lipinski definition) is 3. The van der Waals surface area contributed by atoms with Crippen LogP contribution >= 0.6 is 0 Å². The van der Waals surface area contributed by atoms with Crippen LogP contribution in [0.15, 0.2) is 54.6 Å². The largest absolute Gasteiger partial charge is 0.508 e. The highest BCUT2D eigenvalue weighted by Gasteiger charge is 2.07. The van der Waals surface area contributed by atoms with Crippen LogP contribution < -0.4 is 10.9 Å². The Morgan fingerprint density at radius 1 is 0.900 bits per heavy atom. The molecule has 2 amide bonds. The summed E-state index contributed by atoms with van der Waals surface area (Å²) in [4.78, 5) is 23.3. The van der Waals surface area contributed by atoms with E-state index in [9.17, 15) is 9.59 Å². The molecule has 0 aliphatic rings. The highest BCUT2D eigenvalue weighted by Crippen LogP contribution is 2.09. The van der Waals surface area contributed by atoms with Crippen molar-refractivity contribution in [3.8, 4) is 5.75 Å². The van der Waals surface area contributed by atoms with E-state index in [1.54, 1.807) is 0 Å². The van der Waals surface area contributed by atoms with Crippen LogP contribution in [0.25, 0.3) is 0 Å². The van der Waals surface area contributed by atoms with Crippen LogP contribution in [0, 0.1) is 0 Å². The monoisotopic (exact) mass is 270 g/mol. The molecular formula is C15H14N2O3. The first-order valence-corrected chi connectivity index (χ1v) is 6.07. The number of carbonyl (C=O) groups excluding carboxylic acids is 2. The Labute approximate surface area is 116 Å². The Balaban J connectivity index is 1.84. The third-order valence-corrected chi connectivity index (χ3v) is 2.65. The van der Waals surface area contributed by atoms with E-state index < -0.39 is 5.91 Å². The van der Waals surface area contributed by atoms with Gasteiger partial charge in [-0.05, 0) is 29.8 Å². The normalized spacial score (nSPS) is 9.80. The smallest absolute Gasteiger partial charge is 0.269 e. The third-order valence-electron chi connectivity index (χ3n) is 2.65. The molecule has 0 fully saturated rings. The number of phenols is 1. The quantitative estimate of drug-likeness (QED) is 0.738. The Morgan fingerprint density at radius 2 is 1.55 bits per heavy atom. The van der Waals surface area contributed by atoms with Crippen LogP contribution in [0.3, 0.4) is 0 Å². The maximum Gasteiger partial charge on any atom is 0.269 e. The van der Waals surface area contributed by atoms with Gasteiger partial charge in [0.25, 0.3) is 5.91 Å². The van der Waals surface area contributed by atoms with Gasteiger partial charge in [0.15, 0.2) is 0 Å². The number of nitrogens with one attached hydrogen (secondary N) is 2. The summed E-state index contributed by atoms with van der Waals surface area (Å²) in [5, 5.41) is 9.12. The molecule has 5 nitrogen and oxygen atoms in total. The highest BCUT2D eigenvalue weighted by molar-refractivity contribution is 5.95. The van der Waals surface area contributed by atoms with Gasteiger partial charge in [0.2, 0.25) is 5.91 Å². The standard InChI is InChI=1S/C15H14N2O3/c18-13-8-6-12(7-9-13)15(20)17-16-14(19)10-11-4-2-1-3-5-11/h1-9,18H,10H2,(H,16,19)(H,17,20). The van der Waals surface area contributed by atoms with E-state index in [1.165, 1.54) is 24.3 Å². The molecule has 0 heterocycles. The van der Waals surface area contributed by atoms with Crippen LogP contribution in [-0.2, 0) is 11.2 Å². The van der Waals surface area contributed by atoms with Crippen LogP contribution in [0.2, 0.25) is 0 Å². The fourth-order valence-electron chi connectivity index (χ4n) is 1.64. The van der Waals surface area contributed by atoms with Crippen molar-refractivity contribution in [2.24, 2.45) is 0 Å². The van der Waals surface area contributed by atoms with Gasteiger partial charge in [0.05, 0.1) is 6.42 Å². The van der Waals surface area contributed by atoms with Gasteiger partial charge in [0.1, 0.15) is 5.75 Å². The Bertz CT molecular complexity index is 594. The molecule has 0 aromatic heterocycles. The molecule has 0 unspecified atom stereocenters. The highest BCUT2D eigenvalue weighted by atomic mass is 16.3. The zero-order chi connectivity index (χ0) is 14.4. The lowest BCUT2D eigenvalue weighted by Crippen LogP contribution is -2.42. The minimum absolute atomic E-state index is 0.0784. The van der Waals surface area contributed by atoms with Crippen molar-refractivity contribution in [3.05, 3.63) is 65.7 Å². The predicted molar refractivity (Wildman–Crippen MR) is 73.9 cm³/mol. The van der Waals surface area contributed by atoms with E-state index in [2.05, 4.69) is 10.9 Å². The summed E-state index contributed by atoms with van der Waals surface area (Å²) in [6.07, 6.45) is 0.191. The van der Waals surface area contributed by atoms with Crippen LogP contribution in [-0.4, -0.2) is 16.9 Å². The summed E-state index contributed by atoms with van der Waals surface area (Å²) in [6.45, 7) is 0. The maximum absolute atomic E-state index is 11.7. The maximum atomic E-state index is 11.7. The first-order chi connectivity index (χ1) is 9.65. The minimum atomic E-state index is -0.439. The lowest BCUT2D eigenvalue weighted by atomic mass is 10.1. The number of amides is 2. The number of hydrazine groups is 1. The molecule has 2 rings (SSSR count). The fourth-order valence-corrected chi connectivity index (χ4v) is 1.64. The lowest BCUT2D eigenvalue weighted by Gasteiger charge is -2.07. The van der Waals surface area contributed by atoms with Crippen molar-refractivity contribution in [2.75, 3.05) is 0 Å². The second kappa shape index (κ2) is 6.38. The average Bonchev–Trinajstić information content (AvgIpc) is 2.46. The summed E-state index contributed by atoms with van der Waals surface area (Å²) in [5.41, 5.74) is 5.88. The zero-order valence-corrected chi connectivity index (χ0v) is 10.7. The average molecular weight is 270 g/mol. The molecular weight excluding hydrogens is 256 g/mol. The number of rotatable bonds is 3. The molecule has 0 aliphatic carbocycles. The van der Waals surface area contributed by atoms with Crippen LogP contribution in [0.5, 0.6) is 5.75 Å². The van der Waals surface area contributed by atoms with Crippen molar-refractivity contribution in [3.63, 3.8) is 0 Å². The molecule has 0 radical (unpaired) electrons. The van der Waals surface area contributed by atoms with E-state index in [4.69, 9.17) is 5.11 Å². The molecule has 0 bridgehead atoms. The molecule has 0 aliphatic heterocycles. The fraction of sp³-hybridized carbons (Fsp3) is 0.0667. The van der Waals surface area contributed by atoms with Crippen molar-refractivity contribution >= 4 is 11.8 Å². The van der Waals surface area contributed by atoms with Gasteiger partial charge in [0, 0.05) is 5.56 Å². The third kappa shape index (κ3) is 3.84. The summed E-state index contributed by atoms with van der Waals surface area (Å²) in [5.74, 6) is -0.663. The van der Waals surface area contributed by atoms with E-state index in [0.717, 1.165) is 5.56 Å². The van der Waals surface area contributed by atoms with Crippen molar-refractivity contribution in [1.29, 1.82) is 0 Å². The zero-order valence-electron chi connectivity index (χ0n) is 10.7. The van der Waals surface area contributed by atoms with E-state index >= 15 is 0 Å². The second-order valence-electron chi connectivity index (χ2n) is 4.21. The molecule has 0 saturated heterocycles. The minimum Gasteiger partial charge on any atom is -0.508 e. The van der Waals surface area contributed by atoms with Gasteiger partial charge in [-0.3, -0.25) is 20.4 Å². The van der Waals surface area contributed by atoms with Gasteiger partial charge in [-0.15, -0.1) is 0 Å². The molecule has 2 aromatic rings. The Kier molecular flexibility index (Phi) is 4.34. The van der Waals surface area contributed by atoms with E-state index in [-0.39, 0.29) is 18.1 Å². The van der Waals surface area contributed by atoms with Gasteiger partial charge in [-0.25, -0.2) is 0 Å². The molecule has 5 heteroatoms. The first-order valence-electron chi connectivity index (χ1n) is 6.07. The van der Waals surface area contributed by atoms with Gasteiger partial charge in [-0.2, -0.15) is 0 Å². The topological polar surface area (TPSA) is 78.4 Å². The lowest BCUT2D eigenvalue weighted by molar-refractivity contribution is -0.121. The second-order valence-corrected chi connectivity index (χ2v) is 4.21. The number of phenolic OH excluding ortho intramolecular Hbond substituents is 1. The molecule has 0 atom stereocenters. The first kappa shape index (κ1) is 13.6. The summed E-state index contributed by atoms with van der Waals surface area (Å²) >= 11 is 0.